The molecule has 2 atom stereocenters. The normalized spacial score (nSPS) is 21.2. The van der Waals surface area contributed by atoms with E-state index in [0.717, 1.165) is 28.4 Å². The molecule has 2 unspecified atom stereocenters. The van der Waals surface area contributed by atoms with Crippen molar-refractivity contribution in [1.29, 1.82) is 0 Å². The largest absolute Gasteiger partial charge is 0.254 e. The van der Waals surface area contributed by atoms with E-state index in [1.54, 1.807) is 16.6 Å². The molecule has 1 aromatic carbocycles. The lowest BCUT2D eigenvalue weighted by Crippen LogP contribution is -2.31. The van der Waals surface area contributed by atoms with Crippen LogP contribution in [0, 0.1) is 11.7 Å². The Labute approximate surface area is 143 Å². The molecule has 3 aromatic rings. The molecule has 4 rings (SSSR count). The van der Waals surface area contributed by atoms with Gasteiger partial charge in [-0.1, -0.05) is 25.2 Å². The predicted molar refractivity (Wildman–Crippen MR) is 90.9 cm³/mol. The van der Waals surface area contributed by atoms with Gasteiger partial charge in [-0.3, -0.25) is 5.43 Å². The van der Waals surface area contributed by atoms with Gasteiger partial charge in [0.1, 0.15) is 10.8 Å². The molecule has 1 aliphatic heterocycles. The van der Waals surface area contributed by atoms with Gasteiger partial charge in [0.15, 0.2) is 5.82 Å². The van der Waals surface area contributed by atoms with Crippen LogP contribution in [0.1, 0.15) is 37.7 Å². The van der Waals surface area contributed by atoms with Crippen molar-refractivity contribution in [3.8, 4) is 11.4 Å². The van der Waals surface area contributed by atoms with Gasteiger partial charge in [-0.2, -0.15) is 9.61 Å². The van der Waals surface area contributed by atoms with Crippen LogP contribution < -0.4 is 10.9 Å². The van der Waals surface area contributed by atoms with Crippen LogP contribution in [0.25, 0.3) is 16.3 Å². The third-order valence-corrected chi connectivity index (χ3v) is 5.16. The van der Waals surface area contributed by atoms with Gasteiger partial charge in [-0.05, 0) is 43.0 Å². The van der Waals surface area contributed by atoms with Gasteiger partial charge in [0.05, 0.1) is 6.04 Å². The van der Waals surface area contributed by atoms with Crippen LogP contribution in [0.2, 0.25) is 0 Å². The average Bonchev–Trinajstić information content (AvgIpc) is 3.22. The lowest BCUT2D eigenvalue weighted by Gasteiger charge is -2.10. The van der Waals surface area contributed by atoms with Crippen LogP contribution in [-0.4, -0.2) is 25.9 Å². The van der Waals surface area contributed by atoms with Crippen LogP contribution in [0.5, 0.6) is 0 Å². The molecule has 0 spiro atoms. The molecule has 0 aliphatic carbocycles. The maximum absolute atomic E-state index is 13.1. The van der Waals surface area contributed by atoms with Crippen molar-refractivity contribution in [3.05, 3.63) is 35.1 Å². The average molecular weight is 346 g/mol. The summed E-state index contributed by atoms with van der Waals surface area (Å²) in [6.07, 6.45) is 2.14. The highest BCUT2D eigenvalue weighted by Gasteiger charge is 2.28. The predicted octanol–water partition coefficient (Wildman–Crippen LogP) is 2.95. The lowest BCUT2D eigenvalue weighted by atomic mass is 10.0. The smallest absolute Gasteiger partial charge is 0.235 e. The van der Waals surface area contributed by atoms with Crippen molar-refractivity contribution >= 4 is 16.3 Å². The minimum Gasteiger partial charge on any atom is -0.254 e. The van der Waals surface area contributed by atoms with Gasteiger partial charge >= 0.3 is 0 Å². The monoisotopic (exact) mass is 346 g/mol. The summed E-state index contributed by atoms with van der Waals surface area (Å²) in [4.78, 5) is 0.749. The lowest BCUT2D eigenvalue weighted by molar-refractivity contribution is 0.446. The Morgan fingerprint density at radius 2 is 2.04 bits per heavy atom. The summed E-state index contributed by atoms with van der Waals surface area (Å²) in [5, 5.41) is 14.1. The third kappa shape index (κ3) is 2.92. The van der Waals surface area contributed by atoms with Crippen molar-refractivity contribution in [1.82, 2.24) is 30.7 Å². The van der Waals surface area contributed by atoms with Gasteiger partial charge in [-0.25, -0.2) is 9.82 Å². The summed E-state index contributed by atoms with van der Waals surface area (Å²) < 4.78 is 14.8. The molecule has 1 fully saturated rings. The zero-order valence-electron chi connectivity index (χ0n) is 13.5. The van der Waals surface area contributed by atoms with E-state index in [4.69, 9.17) is 0 Å². The second kappa shape index (κ2) is 6.19. The topological polar surface area (TPSA) is 67.1 Å². The molecular weight excluding hydrogens is 327 g/mol. The van der Waals surface area contributed by atoms with Gasteiger partial charge in [-0.15, -0.1) is 10.2 Å². The fourth-order valence-corrected chi connectivity index (χ4v) is 3.96. The van der Waals surface area contributed by atoms with Crippen LogP contribution in [0.4, 0.5) is 4.39 Å². The fourth-order valence-electron chi connectivity index (χ4n) is 3.06. The molecule has 8 heteroatoms. The van der Waals surface area contributed by atoms with E-state index in [1.807, 2.05) is 0 Å². The molecule has 3 heterocycles. The highest BCUT2D eigenvalue weighted by atomic mass is 32.1. The van der Waals surface area contributed by atoms with E-state index in [2.05, 4.69) is 40.0 Å². The van der Waals surface area contributed by atoms with Crippen molar-refractivity contribution in [2.45, 2.75) is 38.8 Å². The minimum atomic E-state index is -0.268. The number of nitrogens with one attached hydrogen (secondary N) is 2. The number of aromatic nitrogens is 4. The van der Waals surface area contributed by atoms with Gasteiger partial charge in [0.25, 0.3) is 0 Å². The highest BCUT2D eigenvalue weighted by Crippen LogP contribution is 2.30. The number of rotatable bonds is 4. The molecule has 0 radical (unpaired) electrons. The summed E-state index contributed by atoms with van der Waals surface area (Å²) >= 11 is 1.54. The SMILES string of the molecule is CC(C)CC1CC(c2nn3c(-c4ccc(F)cc4)nnc3s2)NN1. The zero-order chi connectivity index (χ0) is 16.7. The first-order valence-electron chi connectivity index (χ1n) is 8.09. The Balaban J connectivity index is 1.60. The Bertz CT molecular complexity index is 840. The molecule has 0 bridgehead atoms. The molecule has 6 nitrogen and oxygen atoms in total. The van der Waals surface area contributed by atoms with E-state index in [-0.39, 0.29) is 11.9 Å². The number of hydrazine groups is 1. The molecule has 24 heavy (non-hydrogen) atoms. The summed E-state index contributed by atoms with van der Waals surface area (Å²) in [6.45, 7) is 4.46. The second-order valence-corrected chi connectivity index (χ2v) is 7.56. The molecule has 2 N–H and O–H groups in total. The maximum atomic E-state index is 13.1. The molecule has 0 amide bonds. The quantitative estimate of drug-likeness (QED) is 0.760. The Morgan fingerprint density at radius 3 is 2.79 bits per heavy atom. The van der Waals surface area contributed by atoms with Crippen molar-refractivity contribution in [3.63, 3.8) is 0 Å². The second-order valence-electron chi connectivity index (χ2n) is 6.57. The van der Waals surface area contributed by atoms with E-state index in [9.17, 15) is 4.39 Å². The fraction of sp³-hybridized carbons (Fsp3) is 0.438. The molecule has 2 aromatic heterocycles. The maximum Gasteiger partial charge on any atom is 0.235 e. The van der Waals surface area contributed by atoms with E-state index >= 15 is 0 Å². The summed E-state index contributed by atoms with van der Waals surface area (Å²) in [7, 11) is 0. The van der Waals surface area contributed by atoms with E-state index in [0.29, 0.717) is 17.8 Å². The Kier molecular flexibility index (Phi) is 4.03. The van der Waals surface area contributed by atoms with Crippen LogP contribution >= 0.6 is 11.3 Å². The van der Waals surface area contributed by atoms with E-state index < -0.39 is 0 Å². The van der Waals surface area contributed by atoms with Crippen molar-refractivity contribution < 1.29 is 4.39 Å². The Hall–Kier alpha value is -1.90. The number of fused-ring (bicyclic) bond motifs is 1. The number of nitrogens with zero attached hydrogens (tertiary/aromatic N) is 4. The third-order valence-electron chi connectivity index (χ3n) is 4.14. The minimum absolute atomic E-state index is 0.182. The van der Waals surface area contributed by atoms with Gasteiger partial charge in [0.2, 0.25) is 4.96 Å². The number of benzene rings is 1. The van der Waals surface area contributed by atoms with Crippen molar-refractivity contribution in [2.24, 2.45) is 5.92 Å². The molecule has 126 valence electrons. The first kappa shape index (κ1) is 15.6. The zero-order valence-corrected chi connectivity index (χ0v) is 14.3. The van der Waals surface area contributed by atoms with Crippen molar-refractivity contribution in [2.75, 3.05) is 0 Å². The van der Waals surface area contributed by atoms with Gasteiger partial charge in [0, 0.05) is 11.6 Å². The standard InChI is InChI=1S/C16H19FN6S/c1-9(2)7-12-8-13(19-18-12)15-22-23-14(20-21-16(23)24-15)10-3-5-11(17)6-4-10/h3-6,9,12-13,18-19H,7-8H2,1-2H3. The summed E-state index contributed by atoms with van der Waals surface area (Å²) in [5.41, 5.74) is 7.49. The first-order valence-corrected chi connectivity index (χ1v) is 8.91. The highest BCUT2D eigenvalue weighted by molar-refractivity contribution is 7.16. The Morgan fingerprint density at radius 1 is 1.25 bits per heavy atom. The molecular formula is C16H19FN6S. The van der Waals surface area contributed by atoms with Crippen LogP contribution in [0.15, 0.2) is 24.3 Å². The van der Waals surface area contributed by atoms with Gasteiger partial charge < -0.3 is 0 Å². The van der Waals surface area contributed by atoms with E-state index in [1.165, 1.54) is 23.5 Å². The van der Waals surface area contributed by atoms with Crippen LogP contribution in [0.3, 0.4) is 0 Å². The summed E-state index contributed by atoms with van der Waals surface area (Å²) in [5.74, 6) is 1.03. The number of hydrogen-bond acceptors (Lipinski definition) is 6. The molecule has 0 saturated carbocycles. The first-order chi connectivity index (χ1) is 11.6. The number of hydrogen-bond donors (Lipinski definition) is 2. The molecule has 1 aliphatic rings. The molecule has 1 saturated heterocycles. The van der Waals surface area contributed by atoms with Crippen LogP contribution in [-0.2, 0) is 0 Å². The number of halogens is 1. The summed E-state index contributed by atoms with van der Waals surface area (Å²) in [6, 6.07) is 6.87.